The number of halogens is 2. The lowest BCUT2D eigenvalue weighted by Crippen LogP contribution is -2.04. The van der Waals surface area contributed by atoms with Crippen LogP contribution in [0.25, 0.3) is 41.7 Å². The molecule has 2 aromatic heterocycles. The first-order chi connectivity index (χ1) is 11.6. The van der Waals surface area contributed by atoms with Crippen LogP contribution in [0, 0.1) is 10.3 Å². The largest absolute Gasteiger partial charge is 0.323 e. The quantitative estimate of drug-likeness (QED) is 0.330. The van der Waals surface area contributed by atoms with Gasteiger partial charge in [0, 0.05) is 41.7 Å². The molecule has 0 amide bonds. The van der Waals surface area contributed by atoms with Crippen LogP contribution in [0.4, 0.5) is 8.78 Å². The molecule has 118 valence electrons. The summed E-state index contributed by atoms with van der Waals surface area (Å²) < 4.78 is 28.9. The van der Waals surface area contributed by atoms with Crippen molar-refractivity contribution in [1.82, 2.24) is 0 Å². The second-order valence-corrected chi connectivity index (χ2v) is 7.49. The summed E-state index contributed by atoms with van der Waals surface area (Å²) in [6.07, 6.45) is 0. The SMILES string of the molecule is NN=c1c2cc3c(cc2c2sc(F)cc12)c(=NN)c1cc(F)sc13. The normalized spacial score (nSPS) is 14.2. The van der Waals surface area contributed by atoms with Gasteiger partial charge in [-0.1, -0.05) is 0 Å². The fourth-order valence-corrected chi connectivity index (χ4v) is 5.24. The van der Waals surface area contributed by atoms with Gasteiger partial charge in [0.2, 0.25) is 0 Å². The summed E-state index contributed by atoms with van der Waals surface area (Å²) in [6.45, 7) is 0. The van der Waals surface area contributed by atoms with E-state index in [-0.39, 0.29) is 10.3 Å². The third-order valence-electron chi connectivity index (χ3n) is 4.33. The summed E-state index contributed by atoms with van der Waals surface area (Å²) in [5.74, 6) is 11.1. The molecule has 24 heavy (non-hydrogen) atoms. The zero-order valence-corrected chi connectivity index (χ0v) is 13.6. The van der Waals surface area contributed by atoms with Crippen molar-refractivity contribution in [3.05, 3.63) is 45.2 Å². The maximum absolute atomic E-state index is 13.7. The van der Waals surface area contributed by atoms with Crippen LogP contribution < -0.4 is 22.4 Å². The fourth-order valence-electron chi connectivity index (χ4n) is 3.41. The maximum Gasteiger partial charge on any atom is 0.177 e. The Morgan fingerprint density at radius 1 is 0.625 bits per heavy atom. The fraction of sp³-hybridized carbons (Fsp3) is 0. The smallest absolute Gasteiger partial charge is 0.177 e. The molecule has 3 aromatic carbocycles. The lowest BCUT2D eigenvalue weighted by Gasteiger charge is -1.94. The average molecular weight is 358 g/mol. The van der Waals surface area contributed by atoms with Crippen molar-refractivity contribution in [3.8, 4) is 0 Å². The van der Waals surface area contributed by atoms with Crippen LogP contribution in [0.3, 0.4) is 0 Å². The molecule has 0 spiro atoms. The van der Waals surface area contributed by atoms with Gasteiger partial charge in [0.15, 0.2) is 10.3 Å². The van der Waals surface area contributed by atoms with Crippen LogP contribution in [0.1, 0.15) is 0 Å². The predicted molar refractivity (Wildman–Crippen MR) is 94.0 cm³/mol. The van der Waals surface area contributed by atoms with Crippen LogP contribution in [-0.2, 0) is 0 Å². The van der Waals surface area contributed by atoms with E-state index in [1.807, 2.05) is 12.1 Å². The highest BCUT2D eigenvalue weighted by atomic mass is 32.1. The Kier molecular flexibility index (Phi) is 2.59. The standard InChI is InChI=1S/C16H8F2N4S2/c17-11-4-10-14(22-20)6-2-8-5(1-7(6)15(10)23-11)13(21-19)9-3-12(18)24-16(8)9/h1-4H,19-20H2. The van der Waals surface area contributed by atoms with Gasteiger partial charge in [-0.15, -0.1) is 22.7 Å². The Balaban J connectivity index is 2.13. The summed E-state index contributed by atoms with van der Waals surface area (Å²) in [7, 11) is 0. The first kappa shape index (κ1) is 13.8. The van der Waals surface area contributed by atoms with Crippen molar-refractivity contribution < 1.29 is 8.78 Å². The Hall–Kier alpha value is -2.58. The molecule has 0 aliphatic rings. The van der Waals surface area contributed by atoms with E-state index in [2.05, 4.69) is 10.2 Å². The summed E-state index contributed by atoms with van der Waals surface area (Å²) >= 11 is 2.10. The lowest BCUT2D eigenvalue weighted by atomic mass is 10.1. The topological polar surface area (TPSA) is 76.8 Å². The van der Waals surface area contributed by atoms with E-state index in [9.17, 15) is 8.78 Å². The van der Waals surface area contributed by atoms with Gasteiger partial charge in [0.1, 0.15) is 0 Å². The monoisotopic (exact) mass is 358 g/mol. The van der Waals surface area contributed by atoms with E-state index in [0.717, 1.165) is 53.6 Å². The van der Waals surface area contributed by atoms with Gasteiger partial charge in [-0.3, -0.25) is 0 Å². The molecule has 2 heterocycles. The van der Waals surface area contributed by atoms with Gasteiger partial charge in [-0.2, -0.15) is 19.0 Å². The molecule has 4 nitrogen and oxygen atoms in total. The molecule has 4 N–H and O–H groups in total. The van der Waals surface area contributed by atoms with Crippen molar-refractivity contribution in [3.63, 3.8) is 0 Å². The number of nitrogens with zero attached hydrogens (tertiary/aromatic N) is 2. The van der Waals surface area contributed by atoms with Crippen molar-refractivity contribution in [1.29, 1.82) is 0 Å². The highest BCUT2D eigenvalue weighted by Crippen LogP contribution is 2.37. The van der Waals surface area contributed by atoms with Crippen LogP contribution in [0.15, 0.2) is 34.5 Å². The average Bonchev–Trinajstić information content (AvgIpc) is 3.24. The van der Waals surface area contributed by atoms with Gasteiger partial charge in [0.25, 0.3) is 0 Å². The second-order valence-electron chi connectivity index (χ2n) is 5.49. The number of fused-ring (bicyclic) bond motifs is 6. The van der Waals surface area contributed by atoms with Gasteiger partial charge in [0.05, 0.1) is 10.7 Å². The van der Waals surface area contributed by atoms with Crippen molar-refractivity contribution in [2.75, 3.05) is 0 Å². The van der Waals surface area contributed by atoms with Gasteiger partial charge >= 0.3 is 0 Å². The highest BCUT2D eigenvalue weighted by Gasteiger charge is 2.18. The molecule has 0 saturated heterocycles. The van der Waals surface area contributed by atoms with Crippen LogP contribution in [0.5, 0.6) is 0 Å². The Morgan fingerprint density at radius 3 is 1.42 bits per heavy atom. The molecule has 0 aliphatic carbocycles. The molecule has 0 radical (unpaired) electrons. The molecule has 8 heteroatoms. The van der Waals surface area contributed by atoms with E-state index >= 15 is 0 Å². The van der Waals surface area contributed by atoms with Gasteiger partial charge < -0.3 is 11.7 Å². The molecule has 5 aromatic rings. The first-order valence-electron chi connectivity index (χ1n) is 6.97. The number of nitrogens with two attached hydrogens (primary N) is 2. The molecule has 0 aliphatic heterocycles. The number of benzene rings is 1. The Bertz CT molecular complexity index is 1290. The Labute approximate surface area is 140 Å². The molecule has 0 bridgehead atoms. The third kappa shape index (κ3) is 1.54. The van der Waals surface area contributed by atoms with E-state index in [1.54, 1.807) is 0 Å². The van der Waals surface area contributed by atoms with Gasteiger partial charge in [-0.25, -0.2) is 0 Å². The van der Waals surface area contributed by atoms with E-state index in [0.29, 0.717) is 21.5 Å². The minimum atomic E-state index is -0.291. The van der Waals surface area contributed by atoms with Crippen LogP contribution in [-0.4, -0.2) is 0 Å². The van der Waals surface area contributed by atoms with Crippen LogP contribution in [0.2, 0.25) is 0 Å². The molecule has 0 saturated carbocycles. The molecule has 0 unspecified atom stereocenters. The molecular weight excluding hydrogens is 350 g/mol. The zero-order chi connectivity index (χ0) is 16.6. The molecular formula is C16H8F2N4S2. The summed E-state index contributed by atoms with van der Waals surface area (Å²) in [5, 5.41) is 12.9. The number of rotatable bonds is 0. The zero-order valence-electron chi connectivity index (χ0n) is 11.9. The number of thiophene rings is 2. The Morgan fingerprint density at radius 2 is 1.04 bits per heavy atom. The summed E-state index contributed by atoms with van der Waals surface area (Å²) in [6, 6.07) is 6.69. The molecule has 0 fully saturated rings. The number of hydrogen-bond acceptors (Lipinski definition) is 6. The number of hydrogen-bond donors (Lipinski definition) is 2. The van der Waals surface area contributed by atoms with E-state index in [1.165, 1.54) is 12.1 Å². The maximum atomic E-state index is 13.7. The minimum Gasteiger partial charge on any atom is -0.323 e. The van der Waals surface area contributed by atoms with Crippen LogP contribution >= 0.6 is 22.7 Å². The lowest BCUT2D eigenvalue weighted by molar-refractivity contribution is 0.658. The van der Waals surface area contributed by atoms with Gasteiger partial charge in [-0.05, 0) is 24.3 Å². The second kappa shape index (κ2) is 4.49. The van der Waals surface area contributed by atoms with Crippen molar-refractivity contribution in [2.45, 2.75) is 0 Å². The summed E-state index contributed by atoms with van der Waals surface area (Å²) in [5.41, 5.74) is 0. The molecule has 0 atom stereocenters. The summed E-state index contributed by atoms with van der Waals surface area (Å²) in [4.78, 5) is 0. The first-order valence-corrected chi connectivity index (χ1v) is 8.60. The molecule has 5 rings (SSSR count). The third-order valence-corrected chi connectivity index (χ3v) is 6.24. The van der Waals surface area contributed by atoms with Crippen molar-refractivity contribution in [2.24, 2.45) is 21.9 Å². The predicted octanol–water partition coefficient (Wildman–Crippen LogP) is 3.13. The van der Waals surface area contributed by atoms with E-state index in [4.69, 9.17) is 11.7 Å². The minimum absolute atomic E-state index is 0.291. The van der Waals surface area contributed by atoms with E-state index < -0.39 is 0 Å². The highest BCUT2D eigenvalue weighted by molar-refractivity contribution is 7.19. The van der Waals surface area contributed by atoms with Crippen molar-refractivity contribution >= 4 is 64.4 Å².